The minimum Gasteiger partial charge on any atom is -0.459 e. The summed E-state index contributed by atoms with van der Waals surface area (Å²) in [6.45, 7) is 9.37. The number of aliphatic hydroxyl groups excluding tert-OH is 2. The highest BCUT2D eigenvalue weighted by molar-refractivity contribution is 6.03. The Hall–Kier alpha value is -4.71. The number of allylic oxidation sites excluding steroid dienone is 1. The number of oxime groups is 1. The number of hydrogen-bond acceptors (Lipinski definition) is 9. The zero-order valence-electron chi connectivity index (χ0n) is 36.8. The van der Waals surface area contributed by atoms with Gasteiger partial charge in [-0.1, -0.05) is 98.3 Å². The van der Waals surface area contributed by atoms with Crippen LogP contribution >= 0.6 is 0 Å². The Balaban J connectivity index is 1.45. The van der Waals surface area contributed by atoms with Crippen molar-refractivity contribution in [3.05, 3.63) is 96.1 Å². The highest BCUT2D eigenvalue weighted by atomic mass is 16.7. The van der Waals surface area contributed by atoms with Gasteiger partial charge in [-0.3, -0.25) is 4.79 Å². The summed E-state index contributed by atoms with van der Waals surface area (Å²) in [6.07, 6.45) is 14.4. The predicted octanol–water partition coefficient (Wildman–Crippen LogP) is 9.60. The van der Waals surface area contributed by atoms with Crippen LogP contribution in [0.3, 0.4) is 0 Å². The van der Waals surface area contributed by atoms with Crippen LogP contribution in [0, 0.1) is 23.7 Å². The molecule has 6 unspecified atom stereocenters. The Morgan fingerprint density at radius 3 is 2.52 bits per heavy atom. The maximum Gasteiger partial charge on any atom is 0.412 e. The second-order valence-corrected chi connectivity index (χ2v) is 17.5. The molecule has 7 rings (SSSR count). The molecule has 4 aliphatic rings. The van der Waals surface area contributed by atoms with E-state index in [1.54, 1.807) is 12.1 Å². The van der Waals surface area contributed by atoms with Gasteiger partial charge in [0.05, 0.1) is 18.2 Å². The Bertz CT molecular complexity index is 2060. The minimum absolute atomic E-state index is 0.0414. The number of carbonyl (C=O) groups excluding carboxylic acids is 2. The molecular formula is C51H67N3O8. The molecule has 11 heteroatoms. The molecule has 3 N–H and O–H groups in total. The summed E-state index contributed by atoms with van der Waals surface area (Å²) >= 11 is 0. The normalized spacial score (nSPS) is 24.7. The van der Waals surface area contributed by atoms with E-state index in [1.807, 2.05) is 43.0 Å². The zero-order chi connectivity index (χ0) is 43.5. The van der Waals surface area contributed by atoms with Gasteiger partial charge < -0.3 is 39.5 Å². The van der Waals surface area contributed by atoms with E-state index in [4.69, 9.17) is 24.2 Å². The number of rotatable bonds is 21. The van der Waals surface area contributed by atoms with Gasteiger partial charge in [0.15, 0.2) is 0 Å². The molecule has 0 aromatic heterocycles. The summed E-state index contributed by atoms with van der Waals surface area (Å²) in [5, 5.41) is 29.7. The quantitative estimate of drug-likeness (QED) is 0.0548. The van der Waals surface area contributed by atoms with Crippen molar-refractivity contribution in [1.29, 1.82) is 0 Å². The molecule has 3 aromatic carbocycles. The molecule has 0 spiro atoms. The van der Waals surface area contributed by atoms with Crippen LogP contribution in [0.5, 0.6) is 11.5 Å². The van der Waals surface area contributed by atoms with Gasteiger partial charge in [0.25, 0.3) is 0 Å². The molecule has 3 aliphatic carbocycles. The van der Waals surface area contributed by atoms with Crippen LogP contribution in [0.4, 0.5) is 4.79 Å². The second-order valence-electron chi connectivity index (χ2n) is 17.5. The molecule has 334 valence electrons. The summed E-state index contributed by atoms with van der Waals surface area (Å²) in [4.78, 5) is 36.1. The van der Waals surface area contributed by atoms with Crippen molar-refractivity contribution < 1.29 is 38.9 Å². The topological polar surface area (TPSA) is 139 Å². The fraction of sp³-hybridized carbons (Fsp3) is 0.549. The van der Waals surface area contributed by atoms with Gasteiger partial charge >= 0.3 is 6.09 Å². The van der Waals surface area contributed by atoms with Crippen LogP contribution < -0.4 is 14.8 Å². The Morgan fingerprint density at radius 2 is 1.76 bits per heavy atom. The number of hydrogen-bond donors (Lipinski definition) is 3. The van der Waals surface area contributed by atoms with Gasteiger partial charge in [-0.05, 0) is 104 Å². The maximum absolute atomic E-state index is 15.3. The fourth-order valence-corrected chi connectivity index (χ4v) is 10.9. The van der Waals surface area contributed by atoms with Gasteiger partial charge in [-0.15, -0.1) is 6.58 Å². The Labute approximate surface area is 367 Å². The van der Waals surface area contributed by atoms with Crippen molar-refractivity contribution in [3.63, 3.8) is 0 Å². The van der Waals surface area contributed by atoms with Crippen molar-refractivity contribution in [3.8, 4) is 11.5 Å². The molecule has 0 bridgehead atoms. The van der Waals surface area contributed by atoms with Gasteiger partial charge in [-0.2, -0.15) is 0 Å². The molecule has 2 fully saturated rings. The van der Waals surface area contributed by atoms with E-state index in [2.05, 4.69) is 48.3 Å². The van der Waals surface area contributed by atoms with E-state index in [0.717, 1.165) is 78.1 Å². The molecular weight excluding hydrogens is 783 g/mol. The molecule has 2 amide bonds. The van der Waals surface area contributed by atoms with E-state index < -0.39 is 23.8 Å². The third-order valence-electron chi connectivity index (χ3n) is 13.6. The average molecular weight is 850 g/mol. The lowest BCUT2D eigenvalue weighted by atomic mass is 9.55. The molecule has 62 heavy (non-hydrogen) atoms. The summed E-state index contributed by atoms with van der Waals surface area (Å²) in [6, 6.07) is 19.5. The van der Waals surface area contributed by atoms with Gasteiger partial charge in [0.2, 0.25) is 11.7 Å². The first kappa shape index (κ1) is 45.3. The molecule has 1 aliphatic heterocycles. The maximum atomic E-state index is 15.3. The Morgan fingerprint density at radius 1 is 0.984 bits per heavy atom. The molecule has 1 heterocycles. The SMILES string of the molecule is C=CCOC12Oc3ccc(OC(=O)NCC)cc3C3C(CCCCO)C(CCCCO)C=C(C(=NOCC)CC1N(Cc1cccc4ccccc14)C(=O)CCC1CCCC1)C32. The van der Waals surface area contributed by atoms with Crippen LogP contribution in [0.2, 0.25) is 0 Å². The largest absolute Gasteiger partial charge is 0.459 e. The third-order valence-corrected chi connectivity index (χ3v) is 13.6. The van der Waals surface area contributed by atoms with Gasteiger partial charge in [0.1, 0.15) is 24.1 Å². The lowest BCUT2D eigenvalue weighted by molar-refractivity contribution is -0.258. The molecule has 2 saturated carbocycles. The number of nitrogens with one attached hydrogen (secondary N) is 1. The van der Waals surface area contributed by atoms with Gasteiger partial charge in [-0.25, -0.2) is 4.79 Å². The number of fused-ring (bicyclic) bond motifs is 3. The number of carbonyl (C=O) groups is 2. The van der Waals surface area contributed by atoms with Crippen molar-refractivity contribution >= 4 is 28.5 Å². The van der Waals surface area contributed by atoms with Crippen LogP contribution in [0.1, 0.15) is 114 Å². The van der Waals surface area contributed by atoms with Crippen LogP contribution in [-0.2, 0) is 20.9 Å². The van der Waals surface area contributed by atoms with Crippen molar-refractivity contribution in [2.24, 2.45) is 28.8 Å². The highest BCUT2D eigenvalue weighted by Gasteiger charge is 2.65. The minimum atomic E-state index is -1.39. The fourth-order valence-electron chi connectivity index (χ4n) is 10.9. The predicted molar refractivity (Wildman–Crippen MR) is 242 cm³/mol. The number of unbranched alkanes of at least 4 members (excludes halogenated alkanes) is 2. The lowest BCUT2D eigenvalue weighted by Crippen LogP contribution is -2.70. The van der Waals surface area contributed by atoms with Crippen LogP contribution in [-0.4, -0.2) is 77.6 Å². The van der Waals surface area contributed by atoms with E-state index in [9.17, 15) is 15.0 Å². The second kappa shape index (κ2) is 21.6. The summed E-state index contributed by atoms with van der Waals surface area (Å²) in [5.74, 6) is -0.373. The monoisotopic (exact) mass is 849 g/mol. The van der Waals surface area contributed by atoms with Crippen molar-refractivity contribution in [1.82, 2.24) is 10.2 Å². The molecule has 3 aromatic rings. The van der Waals surface area contributed by atoms with E-state index >= 15 is 4.79 Å². The summed E-state index contributed by atoms with van der Waals surface area (Å²) in [7, 11) is 0. The average Bonchev–Trinajstić information content (AvgIpc) is 3.81. The standard InChI is InChI=1S/C51H67N3O8/c1-4-30-59-51-46(54(47(57)27-24-35-16-7-8-17-35)34-38-21-15-20-36-18-9-10-22-40(36)38)33-44(53-60-6-3)42-31-37(19-11-13-28-55)41(23-12-14-29-56)48(49(42)51)43-32-39(25-26-45(43)62-51)61-50(58)52-5-2/h4,9-10,15,18,20-22,25-26,31-32,35,37,41,46,48-49,55-56H,1,5-8,11-14,16-17,19,23-24,27-30,33-34H2,2-3H3,(H,52,58). The van der Waals surface area contributed by atoms with Crippen molar-refractivity contribution in [2.75, 3.05) is 33.0 Å². The Kier molecular flexibility index (Phi) is 15.8. The molecule has 0 radical (unpaired) electrons. The van der Waals surface area contributed by atoms with Crippen molar-refractivity contribution in [2.45, 2.75) is 122 Å². The zero-order valence-corrected chi connectivity index (χ0v) is 36.8. The number of nitrogens with zero attached hydrogens (tertiary/aromatic N) is 2. The smallest absolute Gasteiger partial charge is 0.412 e. The van der Waals surface area contributed by atoms with E-state index in [1.165, 1.54) is 12.8 Å². The highest BCUT2D eigenvalue weighted by Crippen LogP contribution is 2.62. The third kappa shape index (κ3) is 9.90. The molecule has 6 atom stereocenters. The number of amides is 2. The lowest BCUT2D eigenvalue weighted by Gasteiger charge is -2.60. The van der Waals surface area contributed by atoms with Crippen LogP contribution in [0.15, 0.2) is 90.1 Å². The van der Waals surface area contributed by atoms with Crippen LogP contribution in [0.25, 0.3) is 10.8 Å². The molecule has 11 nitrogen and oxygen atoms in total. The summed E-state index contributed by atoms with van der Waals surface area (Å²) < 4.78 is 20.5. The first-order valence-corrected chi connectivity index (χ1v) is 23.3. The first-order chi connectivity index (χ1) is 30.3. The number of aliphatic hydroxyl groups is 2. The summed E-state index contributed by atoms with van der Waals surface area (Å²) in [5.41, 5.74) is 3.67. The van der Waals surface area contributed by atoms with E-state index in [-0.39, 0.29) is 43.5 Å². The molecule has 0 saturated heterocycles. The van der Waals surface area contributed by atoms with E-state index in [0.29, 0.717) is 62.8 Å². The first-order valence-electron chi connectivity index (χ1n) is 23.3. The van der Waals surface area contributed by atoms with Gasteiger partial charge in [0, 0.05) is 50.6 Å². The number of ether oxygens (including phenoxy) is 3. The number of benzene rings is 3.